The van der Waals surface area contributed by atoms with Gasteiger partial charge in [-0.2, -0.15) is 13.2 Å². The van der Waals surface area contributed by atoms with E-state index in [0.717, 1.165) is 0 Å². The van der Waals surface area contributed by atoms with Gasteiger partial charge in [0.15, 0.2) is 0 Å². The second kappa shape index (κ2) is 5.60. The number of aliphatic hydroxyl groups excluding tert-OH is 1. The first-order valence-electron chi connectivity index (χ1n) is 6.58. The summed E-state index contributed by atoms with van der Waals surface area (Å²) < 4.78 is 52.2. The Kier molecular flexibility index (Phi) is 4.22. The van der Waals surface area contributed by atoms with Gasteiger partial charge in [-0.1, -0.05) is 6.07 Å². The summed E-state index contributed by atoms with van der Waals surface area (Å²) in [4.78, 5) is 1.43. The number of benzene rings is 1. The fraction of sp³-hybridized carbons (Fsp3) is 0.571. The van der Waals surface area contributed by atoms with Crippen LogP contribution in [0, 0.1) is 11.7 Å². The Balaban J connectivity index is 2.19. The molecule has 2 unspecified atom stereocenters. The monoisotopic (exact) mass is 291 g/mol. The van der Waals surface area contributed by atoms with Crippen LogP contribution in [0.25, 0.3) is 0 Å². The van der Waals surface area contributed by atoms with Crippen molar-refractivity contribution in [3.05, 3.63) is 29.6 Å². The van der Waals surface area contributed by atoms with Gasteiger partial charge in [-0.3, -0.25) is 0 Å². The van der Waals surface area contributed by atoms with Crippen LogP contribution < -0.4 is 4.90 Å². The lowest BCUT2D eigenvalue weighted by Crippen LogP contribution is -2.42. The lowest BCUT2D eigenvalue weighted by atomic mass is 9.96. The molecule has 1 aliphatic heterocycles. The largest absolute Gasteiger partial charge is 0.393 e. The lowest BCUT2D eigenvalue weighted by molar-refractivity contribution is -0.176. The molecule has 20 heavy (non-hydrogen) atoms. The minimum Gasteiger partial charge on any atom is -0.389 e. The van der Waals surface area contributed by atoms with E-state index in [1.54, 1.807) is 6.07 Å². The van der Waals surface area contributed by atoms with Crippen molar-refractivity contribution in [3.8, 4) is 0 Å². The Morgan fingerprint density at radius 2 is 2.05 bits per heavy atom. The smallest absolute Gasteiger partial charge is 0.389 e. The summed E-state index contributed by atoms with van der Waals surface area (Å²) in [5, 5.41) is 9.37. The van der Waals surface area contributed by atoms with Gasteiger partial charge in [-0.25, -0.2) is 4.39 Å². The van der Waals surface area contributed by atoms with E-state index >= 15 is 0 Å². The summed E-state index contributed by atoms with van der Waals surface area (Å²) in [5.41, 5.74) is 0.582. The average Bonchev–Trinajstić information content (AvgIpc) is 2.37. The summed E-state index contributed by atoms with van der Waals surface area (Å²) in [5.74, 6) is -2.00. The Hall–Kier alpha value is -1.30. The number of nitrogens with zero attached hydrogens (tertiary/aromatic N) is 1. The summed E-state index contributed by atoms with van der Waals surface area (Å²) in [6.45, 7) is 1.71. The van der Waals surface area contributed by atoms with Gasteiger partial charge in [0.25, 0.3) is 0 Å². The van der Waals surface area contributed by atoms with Gasteiger partial charge in [-0.05, 0) is 37.5 Å². The molecule has 0 amide bonds. The molecule has 0 bridgehead atoms. The molecule has 1 saturated heterocycles. The molecular weight excluding hydrogens is 274 g/mol. The number of rotatable bonds is 2. The van der Waals surface area contributed by atoms with E-state index in [1.807, 2.05) is 0 Å². The van der Waals surface area contributed by atoms with Gasteiger partial charge >= 0.3 is 6.18 Å². The fourth-order valence-corrected chi connectivity index (χ4v) is 2.50. The Morgan fingerprint density at radius 1 is 1.35 bits per heavy atom. The quantitative estimate of drug-likeness (QED) is 0.841. The molecule has 2 rings (SSSR count). The van der Waals surface area contributed by atoms with Gasteiger partial charge in [-0.15, -0.1) is 0 Å². The van der Waals surface area contributed by atoms with Gasteiger partial charge in [0.1, 0.15) is 5.82 Å². The van der Waals surface area contributed by atoms with E-state index in [2.05, 4.69) is 0 Å². The zero-order valence-corrected chi connectivity index (χ0v) is 11.1. The third-order valence-electron chi connectivity index (χ3n) is 3.68. The molecule has 1 aromatic carbocycles. The maximum atomic E-state index is 14.0. The van der Waals surface area contributed by atoms with Gasteiger partial charge in [0.2, 0.25) is 0 Å². The third-order valence-corrected chi connectivity index (χ3v) is 3.68. The molecule has 1 heterocycles. The Bertz CT molecular complexity index is 473. The van der Waals surface area contributed by atoms with Crippen molar-refractivity contribution in [1.82, 2.24) is 0 Å². The number of halogens is 4. The SMILES string of the molecule is CC(O)c1ccc(N2CCCC(C(F)(F)F)C2)c(F)c1. The number of piperidine rings is 1. The van der Waals surface area contributed by atoms with Crippen LogP contribution in [0.15, 0.2) is 18.2 Å². The number of hydrogen-bond acceptors (Lipinski definition) is 2. The van der Waals surface area contributed by atoms with Crippen LogP contribution in [0.1, 0.15) is 31.4 Å². The van der Waals surface area contributed by atoms with Crippen LogP contribution in [-0.2, 0) is 0 Å². The van der Waals surface area contributed by atoms with Crippen molar-refractivity contribution in [1.29, 1.82) is 0 Å². The summed E-state index contributed by atoms with van der Waals surface area (Å²) >= 11 is 0. The molecule has 0 radical (unpaired) electrons. The Labute approximate surface area is 115 Å². The van der Waals surface area contributed by atoms with Gasteiger partial charge < -0.3 is 10.0 Å². The van der Waals surface area contributed by atoms with Crippen molar-refractivity contribution in [2.45, 2.75) is 32.0 Å². The first-order chi connectivity index (χ1) is 9.29. The molecule has 0 spiro atoms. The summed E-state index contributed by atoms with van der Waals surface area (Å²) in [7, 11) is 0. The molecule has 1 aromatic rings. The zero-order valence-electron chi connectivity index (χ0n) is 11.1. The van der Waals surface area contributed by atoms with E-state index in [4.69, 9.17) is 0 Å². The summed E-state index contributed by atoms with van der Waals surface area (Å²) in [6.07, 6.45) is -4.56. The molecule has 0 aromatic heterocycles. The molecule has 2 atom stereocenters. The highest BCUT2D eigenvalue weighted by Crippen LogP contribution is 2.35. The molecule has 1 N–H and O–H groups in total. The lowest BCUT2D eigenvalue weighted by Gasteiger charge is -2.35. The minimum atomic E-state index is -4.24. The predicted octanol–water partition coefficient (Wildman–Crippen LogP) is 3.66. The maximum Gasteiger partial charge on any atom is 0.393 e. The third kappa shape index (κ3) is 3.23. The normalized spacial score (nSPS) is 21.9. The second-order valence-electron chi connectivity index (χ2n) is 5.21. The van der Waals surface area contributed by atoms with Crippen LogP contribution in [0.5, 0.6) is 0 Å². The maximum absolute atomic E-state index is 14.0. The fourth-order valence-electron chi connectivity index (χ4n) is 2.50. The molecular formula is C14H17F4NO. The predicted molar refractivity (Wildman–Crippen MR) is 68.0 cm³/mol. The van der Waals surface area contributed by atoms with E-state index in [1.165, 1.54) is 24.0 Å². The van der Waals surface area contributed by atoms with Crippen LogP contribution >= 0.6 is 0 Å². The first-order valence-corrected chi connectivity index (χ1v) is 6.58. The molecule has 6 heteroatoms. The Morgan fingerprint density at radius 3 is 2.60 bits per heavy atom. The van der Waals surface area contributed by atoms with E-state index < -0.39 is 24.0 Å². The van der Waals surface area contributed by atoms with Gasteiger partial charge in [0.05, 0.1) is 17.7 Å². The standard InChI is InChI=1S/C14H17F4NO/c1-9(20)10-4-5-13(12(15)7-10)19-6-2-3-11(8-19)14(16,17)18/h4-5,7,9,11,20H,2-3,6,8H2,1H3. The van der Waals surface area contributed by atoms with Crippen molar-refractivity contribution in [2.24, 2.45) is 5.92 Å². The molecule has 112 valence electrons. The topological polar surface area (TPSA) is 23.5 Å². The number of alkyl halides is 3. The van der Waals surface area contributed by atoms with Crippen LogP contribution in [0.3, 0.4) is 0 Å². The highest BCUT2D eigenvalue weighted by atomic mass is 19.4. The second-order valence-corrected chi connectivity index (χ2v) is 5.21. The van der Waals surface area contributed by atoms with Crippen molar-refractivity contribution in [2.75, 3.05) is 18.0 Å². The first kappa shape index (κ1) is 15.1. The van der Waals surface area contributed by atoms with Crippen molar-refractivity contribution < 1.29 is 22.7 Å². The molecule has 0 saturated carbocycles. The van der Waals surface area contributed by atoms with E-state index in [-0.39, 0.29) is 18.7 Å². The van der Waals surface area contributed by atoms with Crippen LogP contribution in [0.2, 0.25) is 0 Å². The van der Waals surface area contributed by atoms with E-state index in [9.17, 15) is 22.7 Å². The highest BCUT2D eigenvalue weighted by Gasteiger charge is 2.42. The highest BCUT2D eigenvalue weighted by molar-refractivity contribution is 5.50. The molecule has 0 aliphatic carbocycles. The molecule has 2 nitrogen and oxygen atoms in total. The molecule has 1 aliphatic rings. The molecule has 1 fully saturated rings. The van der Waals surface area contributed by atoms with Gasteiger partial charge in [0, 0.05) is 13.1 Å². The number of anilines is 1. The number of hydrogen-bond donors (Lipinski definition) is 1. The summed E-state index contributed by atoms with van der Waals surface area (Å²) in [6, 6.07) is 4.16. The van der Waals surface area contributed by atoms with Crippen molar-refractivity contribution in [3.63, 3.8) is 0 Å². The average molecular weight is 291 g/mol. The van der Waals surface area contributed by atoms with Crippen molar-refractivity contribution >= 4 is 5.69 Å². The zero-order chi connectivity index (χ0) is 14.9. The van der Waals surface area contributed by atoms with Crippen LogP contribution in [0.4, 0.5) is 23.2 Å². The minimum absolute atomic E-state index is 0.0907. The van der Waals surface area contributed by atoms with Crippen LogP contribution in [-0.4, -0.2) is 24.4 Å². The number of aliphatic hydroxyl groups is 1. The van der Waals surface area contributed by atoms with E-state index in [0.29, 0.717) is 18.5 Å².